The number of alkyl halides is 27. The molecule has 0 aromatic carbocycles. The van der Waals surface area contributed by atoms with Crippen molar-refractivity contribution in [3.05, 3.63) is 0 Å². The molecule has 0 N–H and O–H groups in total. The van der Waals surface area contributed by atoms with Crippen LogP contribution in [0.15, 0.2) is 0 Å². The van der Waals surface area contributed by atoms with Gasteiger partial charge in [-0.1, -0.05) is 0 Å². The Balaban J connectivity index is 8.77. The van der Waals surface area contributed by atoms with Crippen LogP contribution in [0, 0.1) is 0 Å². The second-order valence-corrected chi connectivity index (χ2v) is 18.0. The van der Waals surface area contributed by atoms with Crippen LogP contribution in [0.1, 0.15) is 0 Å². The first-order chi connectivity index (χ1) is 17.6. The minimum absolute atomic E-state index is 1.88. The van der Waals surface area contributed by atoms with Gasteiger partial charge >= 0.3 is 213 Å². The molecule has 0 heterocycles. The van der Waals surface area contributed by atoms with E-state index in [2.05, 4.69) is 0 Å². The van der Waals surface area contributed by atoms with Crippen molar-refractivity contribution in [1.29, 1.82) is 0 Å². The average molecular weight is 807 g/mol. The summed E-state index contributed by atoms with van der Waals surface area (Å²) in [6, 6.07) is 0. The minimum atomic E-state index is -13.3. The average Bonchev–Trinajstić information content (AvgIpc) is 2.70. The van der Waals surface area contributed by atoms with Gasteiger partial charge in [-0.05, 0) is 0 Å². The molecule has 0 radical (unpaired) electrons. The molecule has 29 heteroatoms. The molecule has 0 atom stereocenters. The molecule has 0 spiro atoms. The molecule has 0 bridgehead atoms. The van der Waals surface area contributed by atoms with Crippen molar-refractivity contribution in [1.82, 2.24) is 0 Å². The van der Waals surface area contributed by atoms with Crippen molar-refractivity contribution >= 4 is 18.8 Å². The van der Waals surface area contributed by atoms with Gasteiger partial charge in [0.15, 0.2) is 0 Å². The first kappa shape index (κ1) is 40.9. The van der Waals surface area contributed by atoms with E-state index in [0.717, 1.165) is 0 Å². The Morgan fingerprint density at radius 2 is 0.429 bits per heavy atom. The van der Waals surface area contributed by atoms with Crippen LogP contribution in [0.2, 0.25) is 0 Å². The molecular weight excluding hydrogens is 804 g/mol. The summed E-state index contributed by atoms with van der Waals surface area (Å²) in [7, 11) is -1.88. The standard InChI is InChI=1S/3C4F9.CH3O.Sn/c3*5-1(6)2(7,8)3(9,10)4(11,12)13;1-2;/h;;;1H3;/q;;;-1;+1. The predicted molar refractivity (Wildman–Crippen MR) is 75.5 cm³/mol. The van der Waals surface area contributed by atoms with Gasteiger partial charge in [-0.3, -0.25) is 0 Å². The summed E-state index contributed by atoms with van der Waals surface area (Å²) in [5.74, 6) is -55.4. The van der Waals surface area contributed by atoms with Crippen molar-refractivity contribution in [2.75, 3.05) is 7.11 Å². The van der Waals surface area contributed by atoms with E-state index >= 15 is 0 Å². The molecule has 42 heavy (non-hydrogen) atoms. The third kappa shape index (κ3) is 4.62. The van der Waals surface area contributed by atoms with Crippen molar-refractivity contribution in [2.24, 2.45) is 0 Å². The Bertz CT molecular complexity index is 858. The number of hydrogen-bond acceptors (Lipinski definition) is 1. The number of halogens is 27. The zero-order valence-corrected chi connectivity index (χ0v) is 21.0. The van der Waals surface area contributed by atoms with Crippen LogP contribution in [-0.4, -0.2) is 91.8 Å². The molecule has 0 unspecified atom stereocenters. The van der Waals surface area contributed by atoms with Gasteiger partial charge in [-0.2, -0.15) is 0 Å². The molecule has 0 amide bonds. The SMILES string of the molecule is C[O][Sn]([C](F)(F)C(F)(F)C(F)(F)C(F)(F)F)([C](F)(F)C(F)(F)C(F)(F)C(F)(F)F)[C](F)(F)C(F)(F)C(F)(F)C(F)(F)F. The summed E-state index contributed by atoms with van der Waals surface area (Å²) in [6.45, 7) is 0. The quantitative estimate of drug-likeness (QED) is 0.159. The monoisotopic (exact) mass is 808 g/mol. The Morgan fingerprint density at radius 1 is 0.286 bits per heavy atom. The van der Waals surface area contributed by atoms with E-state index in [1.54, 1.807) is 0 Å². The van der Waals surface area contributed by atoms with Crippen molar-refractivity contribution in [2.45, 2.75) is 65.9 Å². The Labute approximate surface area is 214 Å². The van der Waals surface area contributed by atoms with E-state index in [1.165, 1.54) is 0 Å². The topological polar surface area (TPSA) is 9.23 Å². The van der Waals surface area contributed by atoms with Gasteiger partial charge in [-0.15, -0.1) is 0 Å². The number of rotatable bonds is 10. The molecular formula is C13H3F27OSn. The Hall–Kier alpha value is -1.13. The van der Waals surface area contributed by atoms with E-state index in [4.69, 9.17) is 0 Å². The van der Waals surface area contributed by atoms with E-state index in [9.17, 15) is 119 Å². The fourth-order valence-electron chi connectivity index (χ4n) is 2.76. The van der Waals surface area contributed by atoms with Crippen LogP contribution >= 0.6 is 0 Å². The molecule has 0 fully saturated rings. The van der Waals surface area contributed by atoms with Crippen LogP contribution in [0.4, 0.5) is 119 Å². The zero-order chi connectivity index (χ0) is 35.2. The van der Waals surface area contributed by atoms with Crippen LogP contribution in [0.5, 0.6) is 0 Å². The van der Waals surface area contributed by atoms with Gasteiger partial charge < -0.3 is 0 Å². The normalized spacial score (nSPS) is 17.1. The second kappa shape index (κ2) is 9.93. The van der Waals surface area contributed by atoms with E-state index in [0.29, 0.717) is 0 Å². The van der Waals surface area contributed by atoms with Gasteiger partial charge in [0.2, 0.25) is 0 Å². The van der Waals surface area contributed by atoms with Crippen LogP contribution < -0.4 is 0 Å². The second-order valence-electron chi connectivity index (χ2n) is 7.55. The van der Waals surface area contributed by atoms with Crippen LogP contribution in [0.25, 0.3) is 0 Å². The summed E-state index contributed by atoms with van der Waals surface area (Å²) in [5, 5.41) is 0. The van der Waals surface area contributed by atoms with Gasteiger partial charge in [0.05, 0.1) is 0 Å². The molecule has 0 aliphatic carbocycles. The van der Waals surface area contributed by atoms with Crippen LogP contribution in [0.3, 0.4) is 0 Å². The fourth-order valence-corrected chi connectivity index (χ4v) is 13.5. The molecule has 1 nitrogen and oxygen atoms in total. The third-order valence-corrected chi connectivity index (χ3v) is 17.1. The maximum atomic E-state index is 14.5. The van der Waals surface area contributed by atoms with Crippen molar-refractivity contribution in [3.8, 4) is 0 Å². The maximum absolute atomic E-state index is 14.5. The van der Waals surface area contributed by atoms with Crippen LogP contribution in [-0.2, 0) is 3.07 Å². The third-order valence-electron chi connectivity index (χ3n) is 5.07. The molecule has 0 saturated carbocycles. The van der Waals surface area contributed by atoms with E-state index < -0.39 is 91.8 Å². The molecule has 0 aliphatic rings. The van der Waals surface area contributed by atoms with E-state index in [-0.39, 0.29) is 0 Å². The first-order valence-corrected chi connectivity index (χ1v) is 14.2. The summed E-state index contributed by atoms with van der Waals surface area (Å²) in [4.78, 5) is 0. The summed E-state index contributed by atoms with van der Waals surface area (Å²) < 4.78 is 333. The van der Waals surface area contributed by atoms with Gasteiger partial charge in [0, 0.05) is 0 Å². The molecule has 0 aromatic heterocycles. The molecule has 0 rings (SSSR count). The number of hydrogen-bond donors (Lipinski definition) is 0. The zero-order valence-electron chi connectivity index (χ0n) is 18.1. The van der Waals surface area contributed by atoms with Gasteiger partial charge in [-0.25, -0.2) is 0 Å². The first-order valence-electron chi connectivity index (χ1n) is 8.71. The molecule has 0 saturated heterocycles. The summed E-state index contributed by atoms with van der Waals surface area (Å²) >= 11 is -13.3. The summed E-state index contributed by atoms with van der Waals surface area (Å²) in [5.41, 5.74) is 0. The van der Waals surface area contributed by atoms with Gasteiger partial charge in [0.1, 0.15) is 0 Å². The molecule has 0 aromatic rings. The molecule has 0 aliphatic heterocycles. The Morgan fingerprint density at radius 3 is 0.524 bits per heavy atom. The van der Waals surface area contributed by atoms with Gasteiger partial charge in [0.25, 0.3) is 0 Å². The van der Waals surface area contributed by atoms with E-state index in [1.807, 2.05) is 3.07 Å². The summed E-state index contributed by atoms with van der Waals surface area (Å²) in [6.07, 6.45) is -25.4. The molecule has 254 valence electrons. The Kier molecular flexibility index (Phi) is 9.67. The predicted octanol–water partition coefficient (Wildman–Crippen LogP) is 8.60. The van der Waals surface area contributed by atoms with Crippen molar-refractivity contribution < 1.29 is 122 Å². The fraction of sp³-hybridized carbons (Fsp3) is 1.00. The van der Waals surface area contributed by atoms with Crippen molar-refractivity contribution in [3.63, 3.8) is 0 Å².